The Morgan fingerprint density at radius 1 is 1.07 bits per heavy atom. The van der Waals surface area contributed by atoms with E-state index in [-0.39, 0.29) is 0 Å². The molecule has 0 aromatic carbocycles. The molecule has 0 amide bonds. The zero-order valence-corrected chi connectivity index (χ0v) is 9.53. The van der Waals surface area contributed by atoms with E-state index in [4.69, 9.17) is 10.5 Å². The molecule has 3 rings (SSSR count). The molecule has 2 aliphatic carbocycles. The van der Waals surface area contributed by atoms with Gasteiger partial charge in [0.1, 0.15) is 0 Å². The summed E-state index contributed by atoms with van der Waals surface area (Å²) in [7, 11) is 0. The second-order valence-corrected chi connectivity index (χ2v) is 5.96. The van der Waals surface area contributed by atoms with E-state index < -0.39 is 0 Å². The van der Waals surface area contributed by atoms with Crippen LogP contribution in [0.4, 0.5) is 0 Å². The average Bonchev–Trinajstić information content (AvgIpc) is 2.83. The first-order chi connectivity index (χ1) is 7.33. The zero-order chi connectivity index (χ0) is 10.3. The fourth-order valence-corrected chi connectivity index (χ4v) is 4.11. The van der Waals surface area contributed by atoms with Crippen LogP contribution in [-0.2, 0) is 4.74 Å². The Hall–Kier alpha value is -0.0800. The monoisotopic (exact) mass is 209 g/mol. The standard InChI is InChI=1S/C13H23NO/c14-13-3-4-15-8-12(13)7-11-6-9-1-2-10(11)5-9/h9-13H,1-8,14H2. The van der Waals surface area contributed by atoms with Gasteiger partial charge in [-0.1, -0.05) is 6.42 Å². The summed E-state index contributed by atoms with van der Waals surface area (Å²) in [5.41, 5.74) is 6.18. The van der Waals surface area contributed by atoms with E-state index in [1.165, 1.54) is 32.1 Å². The molecule has 86 valence electrons. The number of ether oxygens (including phenoxy) is 1. The highest BCUT2D eigenvalue weighted by Crippen LogP contribution is 2.50. The Labute approximate surface area is 92.6 Å². The van der Waals surface area contributed by atoms with Gasteiger partial charge < -0.3 is 10.5 Å². The van der Waals surface area contributed by atoms with Crippen molar-refractivity contribution in [2.24, 2.45) is 29.4 Å². The molecule has 2 heteroatoms. The van der Waals surface area contributed by atoms with Gasteiger partial charge in [-0.15, -0.1) is 0 Å². The highest BCUT2D eigenvalue weighted by atomic mass is 16.5. The lowest BCUT2D eigenvalue weighted by Crippen LogP contribution is -2.40. The van der Waals surface area contributed by atoms with E-state index in [1.807, 2.05) is 0 Å². The topological polar surface area (TPSA) is 35.2 Å². The summed E-state index contributed by atoms with van der Waals surface area (Å²) >= 11 is 0. The molecule has 5 unspecified atom stereocenters. The van der Waals surface area contributed by atoms with Crippen LogP contribution in [0.15, 0.2) is 0 Å². The highest BCUT2D eigenvalue weighted by Gasteiger charge is 2.41. The SMILES string of the molecule is NC1CCOCC1CC1CC2CCC1C2. The normalized spacial score (nSPS) is 49.8. The quantitative estimate of drug-likeness (QED) is 0.756. The fourth-order valence-electron chi connectivity index (χ4n) is 4.11. The van der Waals surface area contributed by atoms with Crippen molar-refractivity contribution in [3.8, 4) is 0 Å². The van der Waals surface area contributed by atoms with Gasteiger partial charge in [0.2, 0.25) is 0 Å². The summed E-state index contributed by atoms with van der Waals surface area (Å²) in [4.78, 5) is 0. The van der Waals surface area contributed by atoms with Crippen LogP contribution < -0.4 is 5.73 Å². The van der Waals surface area contributed by atoms with Crippen LogP contribution in [0, 0.1) is 23.7 Å². The Morgan fingerprint density at radius 2 is 2.00 bits per heavy atom. The third-order valence-corrected chi connectivity index (χ3v) is 5.02. The van der Waals surface area contributed by atoms with Crippen LogP contribution in [0.2, 0.25) is 0 Å². The second kappa shape index (κ2) is 4.06. The molecule has 0 radical (unpaired) electrons. The third-order valence-electron chi connectivity index (χ3n) is 5.02. The number of hydrogen-bond acceptors (Lipinski definition) is 2. The molecule has 3 aliphatic rings. The van der Waals surface area contributed by atoms with Crippen molar-refractivity contribution < 1.29 is 4.74 Å². The minimum absolute atomic E-state index is 0.415. The van der Waals surface area contributed by atoms with Crippen molar-refractivity contribution in [1.29, 1.82) is 0 Å². The molecule has 2 N–H and O–H groups in total. The molecule has 1 heterocycles. The molecule has 2 bridgehead atoms. The first kappa shape index (κ1) is 10.1. The molecule has 1 saturated heterocycles. The number of rotatable bonds is 2. The van der Waals surface area contributed by atoms with Crippen molar-refractivity contribution in [3.63, 3.8) is 0 Å². The van der Waals surface area contributed by atoms with E-state index in [2.05, 4.69) is 0 Å². The van der Waals surface area contributed by atoms with Crippen molar-refractivity contribution in [1.82, 2.24) is 0 Å². The maximum Gasteiger partial charge on any atom is 0.0509 e. The van der Waals surface area contributed by atoms with Gasteiger partial charge in [-0.2, -0.15) is 0 Å². The molecular formula is C13H23NO. The van der Waals surface area contributed by atoms with Crippen molar-refractivity contribution in [2.45, 2.75) is 44.6 Å². The third kappa shape index (κ3) is 1.94. The molecule has 2 saturated carbocycles. The Kier molecular flexibility index (Phi) is 2.73. The minimum Gasteiger partial charge on any atom is -0.381 e. The van der Waals surface area contributed by atoms with Crippen LogP contribution in [-0.4, -0.2) is 19.3 Å². The Morgan fingerprint density at radius 3 is 2.67 bits per heavy atom. The van der Waals surface area contributed by atoms with Gasteiger partial charge in [-0.25, -0.2) is 0 Å². The molecule has 1 aliphatic heterocycles. The van der Waals surface area contributed by atoms with Gasteiger partial charge in [-0.3, -0.25) is 0 Å². The van der Waals surface area contributed by atoms with Crippen LogP contribution in [0.1, 0.15) is 38.5 Å². The predicted octanol–water partition coefficient (Wildman–Crippen LogP) is 2.18. The van der Waals surface area contributed by atoms with Gasteiger partial charge >= 0.3 is 0 Å². The summed E-state index contributed by atoms with van der Waals surface area (Å²) in [6, 6.07) is 0.415. The average molecular weight is 209 g/mol. The van der Waals surface area contributed by atoms with Crippen LogP contribution in [0.3, 0.4) is 0 Å². The first-order valence-electron chi connectivity index (χ1n) is 6.66. The molecule has 0 aromatic heterocycles. The summed E-state index contributed by atoms with van der Waals surface area (Å²) in [5, 5.41) is 0. The molecule has 15 heavy (non-hydrogen) atoms. The van der Waals surface area contributed by atoms with Crippen molar-refractivity contribution >= 4 is 0 Å². The van der Waals surface area contributed by atoms with Crippen LogP contribution in [0.25, 0.3) is 0 Å². The number of nitrogens with two attached hydrogens (primary N) is 1. The summed E-state index contributed by atoms with van der Waals surface area (Å²) < 4.78 is 5.56. The molecular weight excluding hydrogens is 186 g/mol. The van der Waals surface area contributed by atoms with Crippen LogP contribution in [0.5, 0.6) is 0 Å². The van der Waals surface area contributed by atoms with E-state index in [0.717, 1.165) is 37.4 Å². The smallest absolute Gasteiger partial charge is 0.0509 e. The van der Waals surface area contributed by atoms with Gasteiger partial charge in [0.15, 0.2) is 0 Å². The highest BCUT2D eigenvalue weighted by molar-refractivity contribution is 4.92. The first-order valence-corrected chi connectivity index (χ1v) is 6.66. The molecule has 3 fully saturated rings. The largest absolute Gasteiger partial charge is 0.381 e. The molecule has 0 spiro atoms. The molecule has 2 nitrogen and oxygen atoms in total. The van der Waals surface area contributed by atoms with Gasteiger partial charge in [-0.05, 0) is 55.8 Å². The van der Waals surface area contributed by atoms with Gasteiger partial charge in [0.05, 0.1) is 6.61 Å². The fraction of sp³-hybridized carbons (Fsp3) is 1.00. The summed E-state index contributed by atoms with van der Waals surface area (Å²) in [6.07, 6.45) is 8.45. The Balaban J connectivity index is 1.56. The van der Waals surface area contributed by atoms with Crippen molar-refractivity contribution in [2.75, 3.05) is 13.2 Å². The maximum absolute atomic E-state index is 6.18. The lowest BCUT2D eigenvalue weighted by atomic mass is 9.79. The lowest BCUT2D eigenvalue weighted by molar-refractivity contribution is 0.0283. The van der Waals surface area contributed by atoms with Crippen LogP contribution >= 0.6 is 0 Å². The number of fused-ring (bicyclic) bond motifs is 2. The minimum atomic E-state index is 0.415. The second-order valence-electron chi connectivity index (χ2n) is 5.96. The van der Waals surface area contributed by atoms with Gasteiger partial charge in [0.25, 0.3) is 0 Å². The molecule has 5 atom stereocenters. The number of hydrogen-bond donors (Lipinski definition) is 1. The lowest BCUT2D eigenvalue weighted by Gasteiger charge is -2.33. The Bertz CT molecular complexity index is 231. The van der Waals surface area contributed by atoms with E-state index >= 15 is 0 Å². The van der Waals surface area contributed by atoms with Gasteiger partial charge in [0, 0.05) is 12.6 Å². The zero-order valence-electron chi connectivity index (χ0n) is 9.53. The van der Waals surface area contributed by atoms with E-state index in [0.29, 0.717) is 12.0 Å². The maximum atomic E-state index is 6.18. The van der Waals surface area contributed by atoms with Crippen molar-refractivity contribution in [3.05, 3.63) is 0 Å². The summed E-state index contributed by atoms with van der Waals surface area (Å²) in [6.45, 7) is 1.81. The molecule has 0 aromatic rings. The summed E-state index contributed by atoms with van der Waals surface area (Å²) in [5.74, 6) is 3.76. The predicted molar refractivity (Wildman–Crippen MR) is 60.5 cm³/mol. The van der Waals surface area contributed by atoms with E-state index in [9.17, 15) is 0 Å². The van der Waals surface area contributed by atoms with E-state index in [1.54, 1.807) is 0 Å².